The predicted octanol–water partition coefficient (Wildman–Crippen LogP) is 0.939. The van der Waals surface area contributed by atoms with Crippen LogP contribution < -0.4 is 0 Å². The van der Waals surface area contributed by atoms with E-state index in [0.717, 1.165) is 0 Å². The summed E-state index contributed by atoms with van der Waals surface area (Å²) in [5, 5.41) is 9.38. The maximum absolute atomic E-state index is 9.38. The van der Waals surface area contributed by atoms with Crippen LogP contribution in [0, 0.1) is 5.92 Å². The third-order valence-corrected chi connectivity index (χ3v) is 3.86. The lowest BCUT2D eigenvalue weighted by molar-refractivity contribution is 0.272. The number of aliphatic hydroxyl groups is 1. The summed E-state index contributed by atoms with van der Waals surface area (Å²) in [7, 11) is 0. The Morgan fingerprint density at radius 2 is 2.38 bits per heavy atom. The van der Waals surface area contributed by atoms with Crippen molar-refractivity contribution in [1.82, 2.24) is 4.90 Å². The third kappa shape index (κ3) is 0.804. The van der Waals surface area contributed by atoms with Crippen LogP contribution >= 0.6 is 0 Å². The Morgan fingerprint density at radius 3 is 3.00 bits per heavy atom. The van der Waals surface area contributed by atoms with Crippen molar-refractivity contribution in [1.29, 1.82) is 0 Å². The molecule has 1 aliphatic heterocycles. The van der Waals surface area contributed by atoms with Crippen LogP contribution in [0.5, 0.6) is 0 Å². The second-order valence-electron chi connectivity index (χ2n) is 4.40. The van der Waals surface area contributed by atoms with Gasteiger partial charge in [0.15, 0.2) is 0 Å². The van der Waals surface area contributed by atoms with Gasteiger partial charge in [0.25, 0.3) is 0 Å². The summed E-state index contributed by atoms with van der Waals surface area (Å²) in [5.41, 5.74) is 2.83. The molecule has 0 aromatic carbocycles. The first-order chi connectivity index (χ1) is 6.28. The summed E-state index contributed by atoms with van der Waals surface area (Å²) in [6.07, 6.45) is 5.81. The molecule has 2 nitrogen and oxygen atoms in total. The molecule has 0 radical (unpaired) electrons. The lowest BCUT2D eigenvalue weighted by Crippen LogP contribution is -2.35. The van der Waals surface area contributed by atoms with Crippen molar-refractivity contribution in [3.05, 3.63) is 23.3 Å². The highest BCUT2D eigenvalue weighted by molar-refractivity contribution is 5.48. The van der Waals surface area contributed by atoms with Crippen molar-refractivity contribution >= 4 is 0 Å². The van der Waals surface area contributed by atoms with Crippen LogP contribution in [-0.2, 0) is 0 Å². The highest BCUT2D eigenvalue weighted by Crippen LogP contribution is 2.51. The Labute approximate surface area is 78.5 Å². The molecule has 3 rings (SSSR count). The molecule has 3 aliphatic rings. The van der Waals surface area contributed by atoms with Gasteiger partial charge in [-0.25, -0.2) is 0 Å². The van der Waals surface area contributed by atoms with Crippen LogP contribution in [0.4, 0.5) is 0 Å². The second kappa shape index (κ2) is 2.25. The van der Waals surface area contributed by atoms with Gasteiger partial charge < -0.3 is 5.11 Å². The molecule has 0 aromatic heterocycles. The minimum Gasteiger partial charge on any atom is -0.392 e. The van der Waals surface area contributed by atoms with Gasteiger partial charge >= 0.3 is 0 Å². The normalized spacial score (nSPS) is 42.2. The third-order valence-electron chi connectivity index (χ3n) is 3.86. The van der Waals surface area contributed by atoms with Crippen molar-refractivity contribution in [3.63, 3.8) is 0 Å². The molecule has 0 aromatic rings. The average Bonchev–Trinajstić information content (AvgIpc) is 2.85. The van der Waals surface area contributed by atoms with Crippen molar-refractivity contribution < 1.29 is 5.11 Å². The van der Waals surface area contributed by atoms with Crippen molar-refractivity contribution in [2.75, 3.05) is 19.7 Å². The molecule has 1 saturated heterocycles. The maximum atomic E-state index is 9.38. The number of nitrogens with zero attached hydrogens (tertiary/aromatic N) is 1. The van der Waals surface area contributed by atoms with Crippen LogP contribution in [0.15, 0.2) is 23.3 Å². The highest BCUT2D eigenvalue weighted by Gasteiger charge is 2.52. The standard InChI is InChI=1S/C11H15NO/c1-8-9-2-3-11(6-9,10(8)7-13)12-4-5-12/h2-3,9,13H,4-7H2,1H3. The minimum atomic E-state index is 0.142. The van der Waals surface area contributed by atoms with Gasteiger partial charge in [-0.2, -0.15) is 0 Å². The van der Waals surface area contributed by atoms with Gasteiger partial charge in [0.05, 0.1) is 12.1 Å². The summed E-state index contributed by atoms with van der Waals surface area (Å²) in [4.78, 5) is 2.46. The molecule has 2 bridgehead atoms. The Hall–Kier alpha value is -0.600. The molecule has 0 saturated carbocycles. The number of allylic oxidation sites excluding steroid dienone is 2. The number of fused-ring (bicyclic) bond motifs is 2. The monoisotopic (exact) mass is 177 g/mol. The van der Waals surface area contributed by atoms with E-state index in [9.17, 15) is 5.11 Å². The van der Waals surface area contributed by atoms with Gasteiger partial charge in [-0.05, 0) is 18.9 Å². The minimum absolute atomic E-state index is 0.142. The Bertz CT molecular complexity index is 314. The molecule has 2 unspecified atom stereocenters. The van der Waals surface area contributed by atoms with Crippen LogP contribution in [0.1, 0.15) is 13.3 Å². The van der Waals surface area contributed by atoms with Gasteiger partial charge in [0, 0.05) is 19.0 Å². The highest BCUT2D eigenvalue weighted by atomic mass is 16.3. The molecule has 2 aliphatic carbocycles. The van der Waals surface area contributed by atoms with Gasteiger partial charge in [0.2, 0.25) is 0 Å². The maximum Gasteiger partial charge on any atom is 0.0665 e. The van der Waals surface area contributed by atoms with E-state index in [2.05, 4.69) is 24.0 Å². The van der Waals surface area contributed by atoms with Gasteiger partial charge in [0.1, 0.15) is 0 Å². The van der Waals surface area contributed by atoms with Crippen molar-refractivity contribution in [3.8, 4) is 0 Å². The van der Waals surface area contributed by atoms with Crippen LogP contribution in [-0.4, -0.2) is 35.2 Å². The van der Waals surface area contributed by atoms with Gasteiger partial charge in [-0.15, -0.1) is 0 Å². The summed E-state index contributed by atoms with van der Waals surface area (Å²) in [6.45, 7) is 4.82. The van der Waals surface area contributed by atoms with E-state index >= 15 is 0 Å². The second-order valence-corrected chi connectivity index (χ2v) is 4.40. The summed E-state index contributed by atoms with van der Waals surface area (Å²) < 4.78 is 0. The number of hydrogen-bond acceptors (Lipinski definition) is 2. The summed E-state index contributed by atoms with van der Waals surface area (Å²) in [6, 6.07) is 0. The first kappa shape index (κ1) is 7.77. The topological polar surface area (TPSA) is 23.2 Å². The van der Waals surface area contributed by atoms with Crippen molar-refractivity contribution in [2.24, 2.45) is 5.92 Å². The predicted molar refractivity (Wildman–Crippen MR) is 51.3 cm³/mol. The fourth-order valence-electron chi connectivity index (χ4n) is 2.97. The summed E-state index contributed by atoms with van der Waals surface area (Å²) in [5.74, 6) is 0.614. The smallest absolute Gasteiger partial charge is 0.0665 e. The van der Waals surface area contributed by atoms with E-state index in [-0.39, 0.29) is 12.1 Å². The molecule has 13 heavy (non-hydrogen) atoms. The molecule has 2 heteroatoms. The quantitative estimate of drug-likeness (QED) is 0.501. The van der Waals surface area contributed by atoms with Gasteiger partial charge in [-0.3, -0.25) is 4.90 Å². The van der Waals surface area contributed by atoms with E-state index in [1.807, 2.05) is 0 Å². The molecular weight excluding hydrogens is 162 g/mol. The lowest BCUT2D eigenvalue weighted by Gasteiger charge is -2.29. The van der Waals surface area contributed by atoms with Crippen molar-refractivity contribution in [2.45, 2.75) is 18.9 Å². The molecule has 1 heterocycles. The Balaban J connectivity index is 2.07. The number of rotatable bonds is 2. The van der Waals surface area contributed by atoms with Crippen LogP contribution in [0.2, 0.25) is 0 Å². The first-order valence-corrected chi connectivity index (χ1v) is 5.03. The molecule has 0 amide bonds. The van der Waals surface area contributed by atoms with Crippen LogP contribution in [0.3, 0.4) is 0 Å². The number of hydrogen-bond donors (Lipinski definition) is 1. The molecule has 0 spiro atoms. The fraction of sp³-hybridized carbons (Fsp3) is 0.636. The van der Waals surface area contributed by atoms with E-state index in [1.54, 1.807) is 0 Å². The van der Waals surface area contributed by atoms with E-state index in [1.165, 1.54) is 30.7 Å². The van der Waals surface area contributed by atoms with Crippen LogP contribution in [0.25, 0.3) is 0 Å². The Morgan fingerprint density at radius 1 is 1.62 bits per heavy atom. The van der Waals surface area contributed by atoms with Gasteiger partial charge in [-0.1, -0.05) is 17.7 Å². The van der Waals surface area contributed by atoms with E-state index in [0.29, 0.717) is 5.92 Å². The zero-order valence-electron chi connectivity index (χ0n) is 7.95. The summed E-state index contributed by atoms with van der Waals surface area (Å²) >= 11 is 0. The SMILES string of the molecule is CC1=C(CO)C2(N3CC3)C=CC1C2. The zero-order chi connectivity index (χ0) is 9.05. The fourth-order valence-corrected chi connectivity index (χ4v) is 2.97. The molecule has 1 fully saturated rings. The molecule has 2 atom stereocenters. The molecule has 1 N–H and O–H groups in total. The largest absolute Gasteiger partial charge is 0.392 e. The Kier molecular flexibility index (Phi) is 1.35. The molecular formula is C11H15NO. The lowest BCUT2D eigenvalue weighted by atomic mass is 9.91. The first-order valence-electron chi connectivity index (χ1n) is 5.03. The molecule has 70 valence electrons. The average molecular weight is 177 g/mol. The zero-order valence-corrected chi connectivity index (χ0v) is 7.95. The van der Waals surface area contributed by atoms with E-state index in [4.69, 9.17) is 0 Å². The van der Waals surface area contributed by atoms with E-state index < -0.39 is 0 Å². The number of aliphatic hydroxyl groups excluding tert-OH is 1.